The largest absolute Gasteiger partial charge is 0.496 e. The summed E-state index contributed by atoms with van der Waals surface area (Å²) in [7, 11) is -2.27. The fourth-order valence-electron chi connectivity index (χ4n) is 3.12. The number of methoxy groups -OCH3 is 1. The summed E-state index contributed by atoms with van der Waals surface area (Å²) in [4.78, 5) is 11.6. The van der Waals surface area contributed by atoms with Crippen LogP contribution < -0.4 is 14.8 Å². The van der Waals surface area contributed by atoms with Crippen LogP contribution in [0, 0.1) is 13.8 Å². The van der Waals surface area contributed by atoms with Crippen molar-refractivity contribution in [1.29, 1.82) is 0 Å². The van der Waals surface area contributed by atoms with E-state index in [2.05, 4.69) is 10.0 Å². The van der Waals surface area contributed by atoms with Crippen molar-refractivity contribution in [2.24, 2.45) is 0 Å². The van der Waals surface area contributed by atoms with Gasteiger partial charge in [0.15, 0.2) is 0 Å². The van der Waals surface area contributed by atoms with Gasteiger partial charge in [-0.2, -0.15) is 0 Å². The zero-order valence-corrected chi connectivity index (χ0v) is 17.0. The number of carbonyl (C=O) groups excluding carboxylic acids is 1. The number of amides is 1. The maximum Gasteiger partial charge on any atom is 0.262 e. The normalized spacial score (nSPS) is 11.3. The first-order chi connectivity index (χ1) is 13.2. The Morgan fingerprint density at radius 1 is 0.929 bits per heavy atom. The number of nitrogens with one attached hydrogen (secondary N) is 2. The average Bonchev–Trinajstić information content (AvgIpc) is 2.64. The molecule has 146 valence electrons. The van der Waals surface area contributed by atoms with Gasteiger partial charge in [0.1, 0.15) is 5.75 Å². The van der Waals surface area contributed by atoms with Crippen molar-refractivity contribution in [3.63, 3.8) is 0 Å². The predicted octanol–water partition coefficient (Wildman–Crippen LogP) is 4.22. The van der Waals surface area contributed by atoms with Crippen LogP contribution in [0.2, 0.25) is 0 Å². The third-order valence-electron chi connectivity index (χ3n) is 4.47. The molecule has 3 aromatic rings. The first-order valence-corrected chi connectivity index (χ1v) is 10.2. The fourth-order valence-corrected chi connectivity index (χ4v) is 4.46. The van der Waals surface area contributed by atoms with E-state index in [1.165, 1.54) is 13.0 Å². The molecule has 0 spiro atoms. The Morgan fingerprint density at radius 3 is 2.25 bits per heavy atom. The van der Waals surface area contributed by atoms with Crippen molar-refractivity contribution in [3.8, 4) is 5.75 Å². The Hall–Kier alpha value is -3.06. The van der Waals surface area contributed by atoms with E-state index in [1.54, 1.807) is 49.6 Å². The van der Waals surface area contributed by atoms with E-state index >= 15 is 0 Å². The van der Waals surface area contributed by atoms with Gasteiger partial charge in [-0.15, -0.1) is 0 Å². The first-order valence-electron chi connectivity index (χ1n) is 8.70. The van der Waals surface area contributed by atoms with Gasteiger partial charge in [0.05, 0.1) is 17.7 Å². The lowest BCUT2D eigenvalue weighted by Crippen LogP contribution is -2.15. The van der Waals surface area contributed by atoms with Gasteiger partial charge >= 0.3 is 0 Å². The van der Waals surface area contributed by atoms with Crippen molar-refractivity contribution < 1.29 is 17.9 Å². The zero-order chi connectivity index (χ0) is 20.5. The summed E-state index contributed by atoms with van der Waals surface area (Å²) in [5.74, 6) is 0.480. The molecule has 0 saturated carbocycles. The van der Waals surface area contributed by atoms with E-state index in [1.807, 2.05) is 13.8 Å². The molecular formula is C21H22N2O4S. The molecule has 0 saturated heterocycles. The number of ether oxygens (including phenoxy) is 1. The van der Waals surface area contributed by atoms with E-state index in [0.717, 1.165) is 11.1 Å². The lowest BCUT2D eigenvalue weighted by molar-refractivity contribution is -0.114. The second kappa shape index (κ2) is 7.52. The van der Waals surface area contributed by atoms with Gasteiger partial charge in [-0.25, -0.2) is 8.42 Å². The molecule has 0 unspecified atom stereocenters. The Kier molecular flexibility index (Phi) is 5.29. The smallest absolute Gasteiger partial charge is 0.262 e. The van der Waals surface area contributed by atoms with E-state index < -0.39 is 10.0 Å². The monoisotopic (exact) mass is 398 g/mol. The van der Waals surface area contributed by atoms with Crippen LogP contribution >= 0.6 is 0 Å². The second-order valence-electron chi connectivity index (χ2n) is 6.58. The van der Waals surface area contributed by atoms with Crippen LogP contribution in [0.15, 0.2) is 53.4 Å². The lowest BCUT2D eigenvalue weighted by atomic mass is 10.1. The molecule has 2 N–H and O–H groups in total. The predicted molar refractivity (Wildman–Crippen MR) is 112 cm³/mol. The van der Waals surface area contributed by atoms with Crippen molar-refractivity contribution in [2.75, 3.05) is 17.1 Å². The Morgan fingerprint density at radius 2 is 1.61 bits per heavy atom. The molecule has 1 amide bonds. The molecular weight excluding hydrogens is 376 g/mol. The minimum absolute atomic E-state index is 0.144. The number of benzene rings is 3. The molecule has 0 aromatic heterocycles. The standard InChI is InChI=1S/C21H22N2O4S/c1-13-12-20(27-4)14(2)11-19(13)23-28(25,26)21-10-9-18(22-15(3)24)16-7-5-6-8-17(16)21/h5-12,23H,1-4H3,(H,22,24). The molecule has 0 aliphatic carbocycles. The number of anilines is 2. The van der Waals surface area contributed by atoms with Gasteiger partial charge in [0, 0.05) is 23.4 Å². The van der Waals surface area contributed by atoms with Gasteiger partial charge in [-0.3, -0.25) is 9.52 Å². The van der Waals surface area contributed by atoms with Crippen LogP contribution in [-0.4, -0.2) is 21.4 Å². The number of rotatable bonds is 5. The lowest BCUT2D eigenvalue weighted by Gasteiger charge is -2.16. The highest BCUT2D eigenvalue weighted by Gasteiger charge is 2.20. The van der Waals surface area contributed by atoms with Crippen molar-refractivity contribution in [2.45, 2.75) is 25.7 Å². The summed E-state index contributed by atoms with van der Waals surface area (Å²) in [6.07, 6.45) is 0. The number of fused-ring (bicyclic) bond motifs is 1. The highest BCUT2D eigenvalue weighted by molar-refractivity contribution is 7.93. The molecule has 6 nitrogen and oxygen atoms in total. The molecule has 0 bridgehead atoms. The molecule has 0 atom stereocenters. The highest BCUT2D eigenvalue weighted by Crippen LogP contribution is 2.32. The van der Waals surface area contributed by atoms with Crippen LogP contribution in [0.4, 0.5) is 11.4 Å². The summed E-state index contributed by atoms with van der Waals surface area (Å²) < 4.78 is 34.2. The Labute approximate surface area is 164 Å². The van der Waals surface area contributed by atoms with Crippen LogP contribution in [0.3, 0.4) is 0 Å². The maximum absolute atomic E-state index is 13.1. The molecule has 3 aromatic carbocycles. The van der Waals surface area contributed by atoms with Gasteiger partial charge in [0.25, 0.3) is 10.0 Å². The van der Waals surface area contributed by atoms with E-state index in [-0.39, 0.29) is 10.8 Å². The van der Waals surface area contributed by atoms with Gasteiger partial charge in [0.2, 0.25) is 5.91 Å². The van der Waals surface area contributed by atoms with Crippen molar-refractivity contribution in [3.05, 3.63) is 59.7 Å². The summed E-state index contributed by atoms with van der Waals surface area (Å²) in [6, 6.07) is 13.7. The summed E-state index contributed by atoms with van der Waals surface area (Å²) >= 11 is 0. The van der Waals surface area contributed by atoms with E-state index in [9.17, 15) is 13.2 Å². The Bertz CT molecular complexity index is 1170. The molecule has 0 fully saturated rings. The van der Waals surface area contributed by atoms with Crippen LogP contribution in [0.25, 0.3) is 10.8 Å². The van der Waals surface area contributed by atoms with Gasteiger partial charge < -0.3 is 10.1 Å². The fraction of sp³-hybridized carbons (Fsp3) is 0.190. The SMILES string of the molecule is COc1cc(C)c(NS(=O)(=O)c2ccc(NC(C)=O)c3ccccc23)cc1C. The van der Waals surface area contributed by atoms with Crippen LogP contribution in [-0.2, 0) is 14.8 Å². The van der Waals surface area contributed by atoms with Gasteiger partial charge in [-0.05, 0) is 49.2 Å². The topological polar surface area (TPSA) is 84.5 Å². The Balaban J connectivity index is 2.09. The van der Waals surface area contributed by atoms with Crippen LogP contribution in [0.1, 0.15) is 18.1 Å². The molecule has 28 heavy (non-hydrogen) atoms. The highest BCUT2D eigenvalue weighted by atomic mass is 32.2. The van der Waals surface area contributed by atoms with E-state index in [4.69, 9.17) is 4.74 Å². The quantitative estimate of drug-likeness (QED) is 0.674. The number of hydrogen-bond acceptors (Lipinski definition) is 4. The minimum atomic E-state index is -3.85. The second-order valence-corrected chi connectivity index (χ2v) is 8.23. The third kappa shape index (κ3) is 3.80. The molecule has 0 heterocycles. The maximum atomic E-state index is 13.1. The third-order valence-corrected chi connectivity index (χ3v) is 5.89. The minimum Gasteiger partial charge on any atom is -0.496 e. The summed E-state index contributed by atoms with van der Waals surface area (Å²) in [5.41, 5.74) is 2.65. The number of sulfonamides is 1. The van der Waals surface area contributed by atoms with E-state index in [0.29, 0.717) is 27.9 Å². The first kappa shape index (κ1) is 19.7. The molecule has 7 heteroatoms. The van der Waals surface area contributed by atoms with Crippen molar-refractivity contribution in [1.82, 2.24) is 0 Å². The summed E-state index contributed by atoms with van der Waals surface area (Å²) in [5, 5.41) is 3.92. The zero-order valence-electron chi connectivity index (χ0n) is 16.2. The van der Waals surface area contributed by atoms with Crippen molar-refractivity contribution >= 4 is 38.1 Å². The molecule has 0 aliphatic rings. The molecule has 3 rings (SSSR count). The number of carbonyl (C=O) groups is 1. The number of hydrogen-bond donors (Lipinski definition) is 2. The average molecular weight is 398 g/mol. The summed E-state index contributed by atoms with van der Waals surface area (Å²) in [6.45, 7) is 5.08. The molecule has 0 aliphatic heterocycles. The van der Waals surface area contributed by atoms with Gasteiger partial charge in [-0.1, -0.05) is 24.3 Å². The number of aryl methyl sites for hydroxylation is 2. The van der Waals surface area contributed by atoms with Crippen LogP contribution in [0.5, 0.6) is 5.75 Å². The molecule has 0 radical (unpaired) electrons.